The van der Waals surface area contributed by atoms with E-state index in [1.807, 2.05) is 0 Å². The van der Waals surface area contributed by atoms with Crippen molar-refractivity contribution in [1.29, 1.82) is 0 Å². The van der Waals surface area contributed by atoms with Gasteiger partial charge in [0.05, 0.1) is 11.3 Å². The second-order valence-electron chi connectivity index (χ2n) is 4.24. The van der Waals surface area contributed by atoms with Crippen LogP contribution in [0.4, 0.5) is 0 Å². The van der Waals surface area contributed by atoms with Gasteiger partial charge in [-0.2, -0.15) is 0 Å². The second kappa shape index (κ2) is 6.57. The van der Waals surface area contributed by atoms with E-state index in [9.17, 15) is 8.42 Å². The first-order chi connectivity index (χ1) is 9.90. The third-order valence-electron chi connectivity index (χ3n) is 2.75. The molecule has 0 radical (unpaired) electrons. The van der Waals surface area contributed by atoms with Gasteiger partial charge in [0, 0.05) is 18.5 Å². The van der Waals surface area contributed by atoms with E-state index in [4.69, 9.17) is 34.0 Å². The van der Waals surface area contributed by atoms with Gasteiger partial charge in [-0.15, -0.1) is 0 Å². The van der Waals surface area contributed by atoms with E-state index in [0.717, 1.165) is 0 Å². The largest absolute Gasteiger partial charge is 0.469 e. The molecule has 1 aromatic carbocycles. The SMILES string of the molecule is NC(=S)c1ccc(Cl)c(S(=O)(=O)NCCc2ccco2)c1. The lowest BCUT2D eigenvalue weighted by Crippen LogP contribution is -2.26. The predicted molar refractivity (Wildman–Crippen MR) is 84.9 cm³/mol. The van der Waals surface area contributed by atoms with Crippen LogP contribution in [0.2, 0.25) is 5.02 Å². The fraction of sp³-hybridized carbons (Fsp3) is 0.154. The Hall–Kier alpha value is -1.41. The van der Waals surface area contributed by atoms with Gasteiger partial charge in [-0.1, -0.05) is 29.9 Å². The van der Waals surface area contributed by atoms with Crippen LogP contribution in [-0.4, -0.2) is 20.0 Å². The van der Waals surface area contributed by atoms with Crippen molar-refractivity contribution in [3.63, 3.8) is 0 Å². The molecule has 0 bridgehead atoms. The Labute approximate surface area is 133 Å². The highest BCUT2D eigenvalue weighted by molar-refractivity contribution is 7.89. The molecule has 21 heavy (non-hydrogen) atoms. The summed E-state index contributed by atoms with van der Waals surface area (Å²) >= 11 is 10.8. The fourth-order valence-corrected chi connectivity index (χ4v) is 3.39. The Balaban J connectivity index is 2.15. The van der Waals surface area contributed by atoms with Crippen molar-refractivity contribution < 1.29 is 12.8 Å². The van der Waals surface area contributed by atoms with Crippen molar-refractivity contribution in [1.82, 2.24) is 4.72 Å². The highest BCUT2D eigenvalue weighted by atomic mass is 35.5. The zero-order chi connectivity index (χ0) is 15.5. The Morgan fingerprint density at radius 1 is 1.38 bits per heavy atom. The monoisotopic (exact) mass is 344 g/mol. The molecule has 0 unspecified atom stereocenters. The third kappa shape index (κ3) is 4.04. The Kier molecular flexibility index (Phi) is 5.00. The van der Waals surface area contributed by atoms with Gasteiger partial charge < -0.3 is 10.2 Å². The molecule has 1 heterocycles. The quantitative estimate of drug-likeness (QED) is 0.784. The molecule has 0 aliphatic rings. The maximum Gasteiger partial charge on any atom is 0.242 e. The lowest BCUT2D eigenvalue weighted by molar-refractivity contribution is 0.506. The summed E-state index contributed by atoms with van der Waals surface area (Å²) in [6.45, 7) is 0.198. The standard InChI is InChI=1S/C13H13ClN2O3S2/c14-11-4-3-9(13(15)20)8-12(11)21(17,18)16-6-5-10-2-1-7-19-10/h1-4,7-8,16H,5-6H2,(H2,15,20). The maximum atomic E-state index is 12.2. The van der Waals surface area contributed by atoms with Crippen LogP contribution in [0.5, 0.6) is 0 Å². The van der Waals surface area contributed by atoms with Crippen molar-refractivity contribution in [2.24, 2.45) is 5.73 Å². The summed E-state index contributed by atoms with van der Waals surface area (Å²) < 4.78 is 32.1. The maximum absolute atomic E-state index is 12.2. The number of nitrogens with one attached hydrogen (secondary N) is 1. The van der Waals surface area contributed by atoms with Crippen LogP contribution >= 0.6 is 23.8 Å². The lowest BCUT2D eigenvalue weighted by Gasteiger charge is -2.09. The third-order valence-corrected chi connectivity index (χ3v) is 4.93. The number of sulfonamides is 1. The Bertz CT molecular complexity index is 743. The number of nitrogens with two attached hydrogens (primary N) is 1. The molecule has 2 aromatic rings. The number of hydrogen-bond donors (Lipinski definition) is 2. The molecule has 112 valence electrons. The van der Waals surface area contributed by atoms with Crippen LogP contribution in [0.25, 0.3) is 0 Å². The predicted octanol–water partition coefficient (Wildman–Crippen LogP) is 2.09. The number of thiocarbonyl (C=S) groups is 1. The summed E-state index contributed by atoms with van der Waals surface area (Å²) in [4.78, 5) is 0.0626. The molecule has 1 aromatic heterocycles. The number of benzene rings is 1. The fourth-order valence-electron chi connectivity index (χ4n) is 1.70. The van der Waals surface area contributed by atoms with Gasteiger partial charge in [0.15, 0.2) is 0 Å². The van der Waals surface area contributed by atoms with Crippen molar-refractivity contribution in [2.45, 2.75) is 11.3 Å². The molecule has 0 aliphatic heterocycles. The van der Waals surface area contributed by atoms with E-state index in [1.165, 1.54) is 18.4 Å². The van der Waals surface area contributed by atoms with E-state index in [2.05, 4.69) is 4.72 Å². The van der Waals surface area contributed by atoms with Crippen LogP contribution < -0.4 is 10.5 Å². The van der Waals surface area contributed by atoms with Crippen molar-refractivity contribution in [2.75, 3.05) is 6.54 Å². The highest BCUT2D eigenvalue weighted by Crippen LogP contribution is 2.22. The summed E-state index contributed by atoms with van der Waals surface area (Å²) in [5, 5.41) is 0.112. The zero-order valence-electron chi connectivity index (χ0n) is 10.9. The number of rotatable bonds is 6. The first-order valence-electron chi connectivity index (χ1n) is 6.01. The van der Waals surface area contributed by atoms with Gasteiger partial charge >= 0.3 is 0 Å². The van der Waals surface area contributed by atoms with Gasteiger partial charge in [-0.05, 0) is 24.3 Å². The van der Waals surface area contributed by atoms with Gasteiger partial charge in [-0.3, -0.25) is 0 Å². The van der Waals surface area contributed by atoms with Crippen LogP contribution in [0.3, 0.4) is 0 Å². The van der Waals surface area contributed by atoms with Gasteiger partial charge in [0.1, 0.15) is 15.6 Å². The van der Waals surface area contributed by atoms with Gasteiger partial charge in [-0.25, -0.2) is 13.1 Å². The van der Waals surface area contributed by atoms with Crippen molar-refractivity contribution >= 4 is 38.8 Å². The summed E-state index contributed by atoms with van der Waals surface area (Å²) in [6, 6.07) is 7.91. The lowest BCUT2D eigenvalue weighted by atomic mass is 10.2. The summed E-state index contributed by atoms with van der Waals surface area (Å²) in [6.07, 6.45) is 1.98. The molecule has 0 saturated carbocycles. The van der Waals surface area contributed by atoms with E-state index in [0.29, 0.717) is 17.7 Å². The second-order valence-corrected chi connectivity index (χ2v) is 6.82. The first-order valence-corrected chi connectivity index (χ1v) is 8.28. The first kappa shape index (κ1) is 16.0. The van der Waals surface area contributed by atoms with Crippen LogP contribution in [-0.2, 0) is 16.4 Å². The normalized spacial score (nSPS) is 11.5. The van der Waals surface area contributed by atoms with Gasteiger partial charge in [0.25, 0.3) is 0 Å². The Morgan fingerprint density at radius 3 is 2.76 bits per heavy atom. The number of furan rings is 1. The minimum atomic E-state index is -3.74. The zero-order valence-corrected chi connectivity index (χ0v) is 13.3. The van der Waals surface area contributed by atoms with Gasteiger partial charge in [0.2, 0.25) is 10.0 Å². The molecular formula is C13H13ClN2O3S2. The average molecular weight is 345 g/mol. The molecular weight excluding hydrogens is 332 g/mol. The number of halogens is 1. The molecule has 0 aliphatic carbocycles. The minimum absolute atomic E-state index is 0.0473. The minimum Gasteiger partial charge on any atom is -0.469 e. The molecule has 0 atom stereocenters. The highest BCUT2D eigenvalue weighted by Gasteiger charge is 2.18. The molecule has 3 N–H and O–H groups in total. The van der Waals surface area contributed by atoms with Crippen LogP contribution in [0, 0.1) is 0 Å². The smallest absolute Gasteiger partial charge is 0.242 e. The van der Waals surface area contributed by atoms with Crippen LogP contribution in [0.15, 0.2) is 45.9 Å². The molecule has 5 nitrogen and oxygen atoms in total. The van der Waals surface area contributed by atoms with E-state index < -0.39 is 10.0 Å². The van der Waals surface area contributed by atoms with Crippen LogP contribution in [0.1, 0.15) is 11.3 Å². The summed E-state index contributed by atoms with van der Waals surface area (Å²) in [7, 11) is -3.74. The topological polar surface area (TPSA) is 85.3 Å². The molecule has 0 spiro atoms. The summed E-state index contributed by atoms with van der Waals surface area (Å²) in [5.41, 5.74) is 5.95. The van der Waals surface area contributed by atoms with E-state index in [1.54, 1.807) is 18.2 Å². The molecule has 0 amide bonds. The average Bonchev–Trinajstić information content (AvgIpc) is 2.91. The molecule has 0 saturated heterocycles. The van der Waals surface area contributed by atoms with E-state index >= 15 is 0 Å². The number of hydrogen-bond acceptors (Lipinski definition) is 4. The molecule has 0 fully saturated rings. The molecule has 8 heteroatoms. The Morgan fingerprint density at radius 2 is 2.14 bits per heavy atom. The van der Waals surface area contributed by atoms with E-state index in [-0.39, 0.29) is 21.5 Å². The molecule has 2 rings (SSSR count). The van der Waals surface area contributed by atoms with Crippen molar-refractivity contribution in [3.05, 3.63) is 52.9 Å². The summed E-state index contributed by atoms with van der Waals surface area (Å²) in [5.74, 6) is 0.695. The van der Waals surface area contributed by atoms with Crippen molar-refractivity contribution in [3.8, 4) is 0 Å².